The number of carbonyl (C=O) groups excluding carboxylic acids is 1. The van der Waals surface area contributed by atoms with E-state index >= 15 is 0 Å². The summed E-state index contributed by atoms with van der Waals surface area (Å²) in [6.45, 7) is 0. The number of imidazole rings is 1. The van der Waals surface area contributed by atoms with Crippen molar-refractivity contribution in [1.82, 2.24) is 24.3 Å². The van der Waals surface area contributed by atoms with E-state index in [9.17, 15) is 9.18 Å². The first-order valence-corrected chi connectivity index (χ1v) is 7.69. The molecule has 7 nitrogen and oxygen atoms in total. The van der Waals surface area contributed by atoms with Crippen molar-refractivity contribution >= 4 is 11.6 Å². The van der Waals surface area contributed by atoms with Crippen LogP contribution in [0.15, 0.2) is 43.2 Å². The third kappa shape index (κ3) is 2.55. The molecule has 0 saturated carbocycles. The molecule has 122 valence electrons. The Morgan fingerprint density at radius 2 is 2.29 bits per heavy atom. The molecule has 3 aromatic rings. The third-order valence-corrected chi connectivity index (χ3v) is 4.15. The second-order valence-corrected chi connectivity index (χ2v) is 5.65. The highest BCUT2D eigenvalue weighted by atomic mass is 19.1. The van der Waals surface area contributed by atoms with Crippen molar-refractivity contribution in [3.05, 3.63) is 54.9 Å². The predicted octanol–water partition coefficient (Wildman–Crippen LogP) is 2.12. The van der Waals surface area contributed by atoms with Gasteiger partial charge in [0.1, 0.15) is 30.2 Å². The molecule has 0 fully saturated rings. The molecule has 3 heterocycles. The number of nitrogens with one attached hydrogen (secondary N) is 1. The van der Waals surface area contributed by atoms with Gasteiger partial charge in [0.25, 0.3) is 0 Å². The van der Waals surface area contributed by atoms with E-state index in [-0.39, 0.29) is 17.6 Å². The first-order chi connectivity index (χ1) is 11.7. The SMILES string of the molecule is O=C(Nc1ccc(-n2cncn2)c(F)c1)C1CCCc2nccn21. The summed E-state index contributed by atoms with van der Waals surface area (Å²) in [7, 11) is 0. The molecule has 8 heteroatoms. The molecule has 0 radical (unpaired) electrons. The number of halogens is 1. The van der Waals surface area contributed by atoms with Gasteiger partial charge in [0, 0.05) is 24.5 Å². The third-order valence-electron chi connectivity index (χ3n) is 4.15. The van der Waals surface area contributed by atoms with Gasteiger partial charge in [-0.1, -0.05) is 0 Å². The van der Waals surface area contributed by atoms with E-state index in [1.54, 1.807) is 18.3 Å². The second-order valence-electron chi connectivity index (χ2n) is 5.65. The van der Waals surface area contributed by atoms with Crippen LogP contribution >= 0.6 is 0 Å². The molecule has 1 aromatic carbocycles. The molecule has 4 rings (SSSR count). The Labute approximate surface area is 137 Å². The quantitative estimate of drug-likeness (QED) is 0.800. The maximum Gasteiger partial charge on any atom is 0.247 e. The number of rotatable bonds is 3. The molecule has 1 N–H and O–H groups in total. The lowest BCUT2D eigenvalue weighted by atomic mass is 10.0. The number of nitrogens with zero attached hydrogens (tertiary/aromatic N) is 5. The largest absolute Gasteiger partial charge is 0.324 e. The minimum Gasteiger partial charge on any atom is -0.324 e. The molecular weight excluding hydrogens is 311 g/mol. The maximum absolute atomic E-state index is 14.2. The average molecular weight is 326 g/mol. The van der Waals surface area contributed by atoms with Crippen LogP contribution in [0.2, 0.25) is 0 Å². The molecule has 1 aliphatic heterocycles. The summed E-state index contributed by atoms with van der Waals surface area (Å²) in [5, 5.41) is 6.68. The first-order valence-electron chi connectivity index (χ1n) is 7.69. The van der Waals surface area contributed by atoms with E-state index in [2.05, 4.69) is 20.4 Å². The molecular formula is C16H15FN6O. The molecule has 0 spiro atoms. The number of amides is 1. The first kappa shape index (κ1) is 14.6. The number of aryl methyl sites for hydroxylation is 1. The topological polar surface area (TPSA) is 77.6 Å². The molecule has 0 saturated heterocycles. The molecule has 1 atom stereocenters. The van der Waals surface area contributed by atoms with Crippen LogP contribution in [0, 0.1) is 5.82 Å². The summed E-state index contributed by atoms with van der Waals surface area (Å²) in [5.41, 5.74) is 0.689. The zero-order valence-corrected chi connectivity index (χ0v) is 12.8. The molecule has 1 amide bonds. The Hall–Kier alpha value is -3.03. The smallest absolute Gasteiger partial charge is 0.247 e. The lowest BCUT2D eigenvalue weighted by molar-refractivity contribution is -0.119. The van der Waals surface area contributed by atoms with Gasteiger partial charge in [-0.05, 0) is 31.0 Å². The van der Waals surface area contributed by atoms with Crippen molar-refractivity contribution in [3.63, 3.8) is 0 Å². The van der Waals surface area contributed by atoms with Crippen molar-refractivity contribution in [2.75, 3.05) is 5.32 Å². The number of carbonyl (C=O) groups is 1. The van der Waals surface area contributed by atoms with E-state index in [0.29, 0.717) is 5.69 Å². The molecule has 0 bridgehead atoms. The summed E-state index contributed by atoms with van der Waals surface area (Å²) < 4.78 is 17.5. The van der Waals surface area contributed by atoms with Gasteiger partial charge >= 0.3 is 0 Å². The van der Waals surface area contributed by atoms with Crippen LogP contribution in [0.5, 0.6) is 0 Å². The fourth-order valence-corrected chi connectivity index (χ4v) is 3.00. The van der Waals surface area contributed by atoms with Crippen LogP contribution in [0.25, 0.3) is 5.69 Å². The van der Waals surface area contributed by atoms with Crippen LogP contribution in [0.4, 0.5) is 10.1 Å². The summed E-state index contributed by atoms with van der Waals surface area (Å²) in [4.78, 5) is 20.6. The predicted molar refractivity (Wildman–Crippen MR) is 84.1 cm³/mol. The van der Waals surface area contributed by atoms with Crippen molar-refractivity contribution in [2.24, 2.45) is 0 Å². The maximum atomic E-state index is 14.2. The molecule has 1 aliphatic rings. The van der Waals surface area contributed by atoms with Gasteiger partial charge in [0.05, 0.1) is 0 Å². The standard InChI is InChI=1S/C16H15FN6O/c17-12-8-11(4-5-13(12)23-10-18-9-20-23)21-16(24)14-2-1-3-15-19-6-7-22(14)15/h4-10,14H,1-3H2,(H,21,24). The Morgan fingerprint density at radius 3 is 3.08 bits per heavy atom. The van der Waals surface area contributed by atoms with E-state index in [1.807, 2.05) is 10.8 Å². The Morgan fingerprint density at radius 1 is 1.38 bits per heavy atom. The molecule has 24 heavy (non-hydrogen) atoms. The lowest BCUT2D eigenvalue weighted by Gasteiger charge is -2.24. The number of hydrogen-bond donors (Lipinski definition) is 1. The molecule has 0 aliphatic carbocycles. The van der Waals surface area contributed by atoms with Gasteiger partial charge in [-0.15, -0.1) is 0 Å². The van der Waals surface area contributed by atoms with Crippen molar-refractivity contribution in [3.8, 4) is 5.69 Å². The van der Waals surface area contributed by atoms with Crippen molar-refractivity contribution in [1.29, 1.82) is 0 Å². The van der Waals surface area contributed by atoms with E-state index in [0.717, 1.165) is 25.1 Å². The molecule has 2 aromatic heterocycles. The number of anilines is 1. The van der Waals surface area contributed by atoms with Crippen LogP contribution in [0.1, 0.15) is 24.7 Å². The van der Waals surface area contributed by atoms with Crippen molar-refractivity contribution < 1.29 is 9.18 Å². The van der Waals surface area contributed by atoms with Gasteiger partial charge in [-0.2, -0.15) is 5.10 Å². The molecule has 1 unspecified atom stereocenters. The lowest BCUT2D eigenvalue weighted by Crippen LogP contribution is -2.29. The normalized spacial score (nSPS) is 16.6. The van der Waals surface area contributed by atoms with Gasteiger partial charge in [-0.3, -0.25) is 4.79 Å². The van der Waals surface area contributed by atoms with E-state index < -0.39 is 5.82 Å². The zero-order chi connectivity index (χ0) is 16.5. The van der Waals surface area contributed by atoms with Crippen LogP contribution in [-0.4, -0.2) is 30.2 Å². The Bertz CT molecular complexity index is 873. The highest BCUT2D eigenvalue weighted by Crippen LogP contribution is 2.25. The Kier molecular flexibility index (Phi) is 3.56. The summed E-state index contributed by atoms with van der Waals surface area (Å²) >= 11 is 0. The average Bonchev–Trinajstić information content (AvgIpc) is 3.26. The van der Waals surface area contributed by atoms with Crippen LogP contribution in [0.3, 0.4) is 0 Å². The highest BCUT2D eigenvalue weighted by molar-refractivity contribution is 5.94. The number of benzene rings is 1. The summed E-state index contributed by atoms with van der Waals surface area (Å²) in [5.74, 6) is 0.265. The summed E-state index contributed by atoms with van der Waals surface area (Å²) in [6, 6.07) is 4.18. The fraction of sp³-hybridized carbons (Fsp3) is 0.250. The highest BCUT2D eigenvalue weighted by Gasteiger charge is 2.26. The van der Waals surface area contributed by atoms with E-state index in [1.165, 1.54) is 23.4 Å². The fourth-order valence-electron chi connectivity index (χ4n) is 3.00. The van der Waals surface area contributed by atoms with Crippen LogP contribution in [-0.2, 0) is 11.2 Å². The minimum atomic E-state index is -0.481. The van der Waals surface area contributed by atoms with Crippen molar-refractivity contribution in [2.45, 2.75) is 25.3 Å². The Balaban J connectivity index is 1.54. The monoisotopic (exact) mass is 326 g/mol. The van der Waals surface area contributed by atoms with Gasteiger partial charge < -0.3 is 9.88 Å². The summed E-state index contributed by atoms with van der Waals surface area (Å²) in [6.07, 6.45) is 8.79. The van der Waals surface area contributed by atoms with Gasteiger partial charge in [-0.25, -0.2) is 19.0 Å². The number of aromatic nitrogens is 5. The van der Waals surface area contributed by atoms with Gasteiger partial charge in [0.15, 0.2) is 5.82 Å². The minimum absolute atomic E-state index is 0.165. The van der Waals surface area contributed by atoms with E-state index in [4.69, 9.17) is 0 Å². The number of hydrogen-bond acceptors (Lipinski definition) is 4. The van der Waals surface area contributed by atoms with Crippen LogP contribution < -0.4 is 5.32 Å². The zero-order valence-electron chi connectivity index (χ0n) is 12.8. The second kappa shape index (κ2) is 5.88. The number of fused-ring (bicyclic) bond motifs is 1. The van der Waals surface area contributed by atoms with Gasteiger partial charge in [0.2, 0.25) is 5.91 Å².